The molecule has 23 heavy (non-hydrogen) atoms. The Morgan fingerprint density at radius 2 is 2.13 bits per heavy atom. The molecule has 0 aliphatic rings. The number of H-pyrrole nitrogens is 1. The van der Waals surface area contributed by atoms with Gasteiger partial charge in [-0.2, -0.15) is 9.66 Å². The number of aromatic amines is 1. The molecule has 3 rings (SSSR count). The Morgan fingerprint density at radius 3 is 2.83 bits per heavy atom. The second kappa shape index (κ2) is 6.27. The van der Waals surface area contributed by atoms with Crippen molar-refractivity contribution in [3.8, 4) is 6.07 Å². The quantitative estimate of drug-likeness (QED) is 0.562. The van der Waals surface area contributed by atoms with Crippen LogP contribution < -0.4 is 9.72 Å². The number of anilines is 1. The van der Waals surface area contributed by atoms with E-state index in [4.69, 9.17) is 4.74 Å². The third kappa shape index (κ3) is 2.41. The largest absolute Gasteiger partial charge is 0.381 e. The van der Waals surface area contributed by atoms with Crippen molar-refractivity contribution >= 4 is 22.5 Å². The van der Waals surface area contributed by atoms with Gasteiger partial charge < -0.3 is 10.1 Å². The molecule has 0 aliphatic carbocycles. The number of methoxy groups -OCH3 is 1. The summed E-state index contributed by atoms with van der Waals surface area (Å²) in [5, 5.41) is 13.1. The molecule has 118 valence electrons. The summed E-state index contributed by atoms with van der Waals surface area (Å²) >= 11 is 0. The van der Waals surface area contributed by atoms with Gasteiger partial charge in [0.25, 0.3) is 0 Å². The number of hydrogen-bond donors (Lipinski definition) is 2. The monoisotopic (exact) mass is 309 g/mol. The van der Waals surface area contributed by atoms with Crippen molar-refractivity contribution in [1.82, 2.24) is 4.98 Å². The minimum absolute atomic E-state index is 0.632. The van der Waals surface area contributed by atoms with Crippen LogP contribution in [-0.2, 0) is 11.2 Å². The molecule has 0 aliphatic heterocycles. The van der Waals surface area contributed by atoms with E-state index >= 15 is 0 Å². The van der Waals surface area contributed by atoms with E-state index in [1.165, 1.54) is 5.56 Å². The Morgan fingerprint density at radius 1 is 1.35 bits per heavy atom. The normalized spacial score (nSPS) is 11.0. The van der Waals surface area contributed by atoms with Gasteiger partial charge in [-0.1, -0.05) is 19.1 Å². The van der Waals surface area contributed by atoms with Crippen LogP contribution in [0.25, 0.3) is 16.7 Å². The number of rotatable bonds is 5. The van der Waals surface area contributed by atoms with Crippen LogP contribution in [0.2, 0.25) is 0 Å². The first kappa shape index (κ1) is 15.3. The minimum Gasteiger partial charge on any atom is -0.381 e. The van der Waals surface area contributed by atoms with E-state index in [1.807, 2.05) is 25.1 Å². The number of nitrogens with zero attached hydrogens (tertiary/aromatic N) is 2. The highest BCUT2D eigenvalue weighted by molar-refractivity contribution is 5.78. The predicted octanol–water partition coefficient (Wildman–Crippen LogP) is 2.71. The van der Waals surface area contributed by atoms with E-state index in [9.17, 15) is 5.26 Å². The van der Waals surface area contributed by atoms with Crippen molar-refractivity contribution in [3.05, 3.63) is 41.0 Å². The lowest BCUT2D eigenvalue weighted by Gasteiger charge is -2.12. The second-order valence-corrected chi connectivity index (χ2v) is 5.54. The summed E-state index contributed by atoms with van der Waals surface area (Å²) in [5.41, 5.74) is 5.82. The van der Waals surface area contributed by atoms with Crippen molar-refractivity contribution < 1.29 is 9.14 Å². The van der Waals surface area contributed by atoms with E-state index in [0.717, 1.165) is 41.0 Å². The minimum atomic E-state index is 0.632. The lowest BCUT2D eigenvalue weighted by molar-refractivity contribution is -0.465. The van der Waals surface area contributed by atoms with Crippen molar-refractivity contribution in [2.24, 2.45) is 0 Å². The molecule has 2 aromatic heterocycles. The molecule has 2 heterocycles. The summed E-state index contributed by atoms with van der Waals surface area (Å²) < 4.78 is 7.28. The fourth-order valence-electron chi connectivity index (χ4n) is 3.15. The Hall–Kier alpha value is -2.58. The number of imidazole rings is 1. The molecular formula is C18H21N4O+. The van der Waals surface area contributed by atoms with Gasteiger partial charge in [0.05, 0.1) is 13.2 Å². The molecule has 5 nitrogen and oxygen atoms in total. The maximum atomic E-state index is 9.64. The molecule has 3 aromatic rings. The highest BCUT2D eigenvalue weighted by atomic mass is 16.5. The zero-order chi connectivity index (χ0) is 16.4. The van der Waals surface area contributed by atoms with E-state index < -0.39 is 0 Å². The van der Waals surface area contributed by atoms with Gasteiger partial charge in [0, 0.05) is 12.7 Å². The fourth-order valence-corrected chi connectivity index (χ4v) is 3.15. The van der Waals surface area contributed by atoms with Gasteiger partial charge in [0.1, 0.15) is 22.7 Å². The molecule has 1 aromatic carbocycles. The molecule has 0 atom stereocenters. The summed E-state index contributed by atoms with van der Waals surface area (Å²) in [6.07, 6.45) is 0.859. The standard InChI is InChI=1S/C18H20N4O/c1-4-13-12(2)14(11-19)18-21-15-7-5-6-8-16(15)22(18)17(13)20-9-10-23-3/h5-8H,4,9-10H2,1-3H3,(H,20,21)/p+1. The first-order valence-corrected chi connectivity index (χ1v) is 7.83. The second-order valence-electron chi connectivity index (χ2n) is 5.54. The Bertz CT molecular complexity index is 905. The summed E-state index contributed by atoms with van der Waals surface area (Å²) in [5.74, 6) is 1.04. The van der Waals surface area contributed by atoms with Gasteiger partial charge in [0.15, 0.2) is 0 Å². The molecule has 0 spiro atoms. The highest BCUT2D eigenvalue weighted by Gasteiger charge is 2.24. The molecule has 0 saturated carbocycles. The Kier molecular flexibility index (Phi) is 4.18. The van der Waals surface area contributed by atoms with Crippen LogP contribution in [0.15, 0.2) is 24.3 Å². The number of ether oxygens (including phenoxy) is 1. The maximum Gasteiger partial charge on any atom is 0.250 e. The summed E-state index contributed by atoms with van der Waals surface area (Å²) in [4.78, 5) is 3.39. The lowest BCUT2D eigenvalue weighted by atomic mass is 10.0. The number of aromatic nitrogens is 2. The molecule has 0 unspecified atom stereocenters. The van der Waals surface area contributed by atoms with Gasteiger partial charge in [-0.15, -0.1) is 0 Å². The number of fused-ring (bicyclic) bond motifs is 3. The average Bonchev–Trinajstić information content (AvgIpc) is 2.94. The number of pyridine rings is 1. The number of hydrogen-bond acceptors (Lipinski definition) is 3. The van der Waals surface area contributed by atoms with Gasteiger partial charge in [-0.05, 0) is 31.0 Å². The van der Waals surface area contributed by atoms with Crippen LogP contribution in [0.1, 0.15) is 23.6 Å². The molecule has 2 N–H and O–H groups in total. The summed E-state index contributed by atoms with van der Waals surface area (Å²) in [6, 6.07) is 10.5. The zero-order valence-electron chi connectivity index (χ0n) is 13.7. The molecule has 0 amide bonds. The molecule has 0 fully saturated rings. The lowest BCUT2D eigenvalue weighted by Crippen LogP contribution is -2.30. The highest BCUT2D eigenvalue weighted by Crippen LogP contribution is 2.25. The SMILES string of the molecule is CCc1c(C)c(C#N)c2[nH]c3ccccc3[n+]2c1NCCOC. The van der Waals surface area contributed by atoms with E-state index in [0.29, 0.717) is 12.2 Å². The van der Waals surface area contributed by atoms with Crippen molar-refractivity contribution in [2.45, 2.75) is 20.3 Å². The van der Waals surface area contributed by atoms with Crippen LogP contribution in [0.5, 0.6) is 0 Å². The third-order valence-electron chi connectivity index (χ3n) is 4.26. The van der Waals surface area contributed by atoms with Crippen LogP contribution in [0, 0.1) is 18.3 Å². The van der Waals surface area contributed by atoms with Crippen molar-refractivity contribution in [3.63, 3.8) is 0 Å². The molecule has 0 saturated heterocycles. The Labute approximate surface area is 135 Å². The Balaban J connectivity index is 2.39. The van der Waals surface area contributed by atoms with E-state index in [1.54, 1.807) is 7.11 Å². The first-order valence-electron chi connectivity index (χ1n) is 7.83. The van der Waals surface area contributed by atoms with Crippen LogP contribution in [-0.4, -0.2) is 25.2 Å². The van der Waals surface area contributed by atoms with Gasteiger partial charge in [0.2, 0.25) is 11.5 Å². The number of para-hydroxylation sites is 2. The predicted molar refractivity (Wildman–Crippen MR) is 90.7 cm³/mol. The van der Waals surface area contributed by atoms with Gasteiger partial charge in [-0.3, -0.25) is 4.98 Å². The van der Waals surface area contributed by atoms with Gasteiger partial charge in [-0.25, -0.2) is 0 Å². The number of nitrogens with one attached hydrogen (secondary N) is 2. The molecule has 5 heteroatoms. The molecular weight excluding hydrogens is 288 g/mol. The van der Waals surface area contributed by atoms with E-state index in [2.05, 4.69) is 33.8 Å². The molecule has 0 radical (unpaired) electrons. The van der Waals surface area contributed by atoms with Crippen LogP contribution in [0.3, 0.4) is 0 Å². The number of nitriles is 1. The summed E-state index contributed by atoms with van der Waals surface area (Å²) in [7, 11) is 1.70. The fraction of sp³-hybridized carbons (Fsp3) is 0.333. The average molecular weight is 309 g/mol. The topological polar surface area (TPSA) is 64.9 Å². The first-order chi connectivity index (χ1) is 11.2. The number of benzene rings is 1. The smallest absolute Gasteiger partial charge is 0.250 e. The van der Waals surface area contributed by atoms with Crippen LogP contribution in [0.4, 0.5) is 5.82 Å². The van der Waals surface area contributed by atoms with E-state index in [-0.39, 0.29) is 0 Å². The summed E-state index contributed by atoms with van der Waals surface area (Å²) in [6.45, 7) is 5.49. The van der Waals surface area contributed by atoms with Gasteiger partial charge >= 0.3 is 0 Å². The van der Waals surface area contributed by atoms with Crippen molar-refractivity contribution in [2.75, 3.05) is 25.6 Å². The maximum absolute atomic E-state index is 9.64. The van der Waals surface area contributed by atoms with Crippen molar-refractivity contribution in [1.29, 1.82) is 5.26 Å². The van der Waals surface area contributed by atoms with Crippen LogP contribution >= 0.6 is 0 Å². The molecule has 0 bridgehead atoms. The third-order valence-corrected chi connectivity index (χ3v) is 4.26. The zero-order valence-corrected chi connectivity index (χ0v) is 13.7.